The van der Waals surface area contributed by atoms with Crippen LogP contribution in [0.15, 0.2) is 48.5 Å². The lowest BCUT2D eigenvalue weighted by Crippen LogP contribution is -2.45. The molecule has 0 amide bonds. The van der Waals surface area contributed by atoms with Crippen molar-refractivity contribution in [3.05, 3.63) is 69.7 Å². The first-order chi connectivity index (χ1) is 13.5. The van der Waals surface area contributed by atoms with Crippen molar-refractivity contribution in [2.24, 2.45) is 0 Å². The van der Waals surface area contributed by atoms with Crippen LogP contribution in [0.2, 0.25) is 10.0 Å². The highest BCUT2D eigenvalue weighted by molar-refractivity contribution is 6.30. The molecule has 2 aromatic carbocycles. The van der Waals surface area contributed by atoms with Crippen LogP contribution in [-0.2, 0) is 10.3 Å². The summed E-state index contributed by atoms with van der Waals surface area (Å²) in [5, 5.41) is 13.5. The summed E-state index contributed by atoms with van der Waals surface area (Å²) in [6.45, 7) is 6.17. The summed E-state index contributed by atoms with van der Waals surface area (Å²) in [7, 11) is 0. The van der Waals surface area contributed by atoms with Crippen LogP contribution in [0.4, 0.5) is 0 Å². The normalized spacial score (nSPS) is 18.6. The Morgan fingerprint density at radius 2 is 1.57 bits per heavy atom. The van der Waals surface area contributed by atoms with Gasteiger partial charge in [-0.05, 0) is 41.8 Å². The molecule has 0 saturated carbocycles. The van der Waals surface area contributed by atoms with Crippen LogP contribution in [0.25, 0.3) is 0 Å². The predicted molar refractivity (Wildman–Crippen MR) is 116 cm³/mol. The van der Waals surface area contributed by atoms with E-state index in [9.17, 15) is 5.11 Å². The minimum Gasteiger partial charge on any atom is -0.384 e. The second-order valence-electron chi connectivity index (χ2n) is 7.55. The molecule has 5 heteroatoms. The molecular weight excluding hydrogens is 393 g/mol. The Balaban J connectivity index is 2.00. The van der Waals surface area contributed by atoms with E-state index < -0.39 is 5.60 Å². The number of unbranched alkanes of at least 4 members (excludes halogenated alkanes) is 1. The number of ether oxygens (including phenoxy) is 1. The van der Waals surface area contributed by atoms with Gasteiger partial charge >= 0.3 is 0 Å². The molecule has 0 aliphatic carbocycles. The average Bonchev–Trinajstić information content (AvgIpc) is 2.72. The minimum absolute atomic E-state index is 0.0735. The molecule has 0 aromatic heterocycles. The number of morpholine rings is 1. The molecule has 1 aliphatic heterocycles. The molecule has 152 valence electrons. The summed E-state index contributed by atoms with van der Waals surface area (Å²) >= 11 is 12.3. The number of rotatable bonds is 8. The molecule has 3 nitrogen and oxygen atoms in total. The molecule has 28 heavy (non-hydrogen) atoms. The van der Waals surface area contributed by atoms with Gasteiger partial charge in [0.05, 0.1) is 18.8 Å². The summed E-state index contributed by atoms with van der Waals surface area (Å²) in [5.41, 5.74) is 1.04. The molecular formula is C23H29Cl2NO2. The van der Waals surface area contributed by atoms with Gasteiger partial charge in [-0.3, -0.25) is 4.90 Å². The molecule has 3 rings (SSSR count). The molecule has 0 spiro atoms. The molecule has 0 unspecified atom stereocenters. The van der Waals surface area contributed by atoms with Crippen LogP contribution in [0, 0.1) is 0 Å². The van der Waals surface area contributed by atoms with E-state index in [4.69, 9.17) is 27.9 Å². The molecule has 1 aliphatic rings. The monoisotopic (exact) mass is 421 g/mol. The van der Waals surface area contributed by atoms with E-state index in [1.165, 1.54) is 0 Å². The van der Waals surface area contributed by atoms with Gasteiger partial charge in [0, 0.05) is 35.6 Å². The highest BCUT2D eigenvalue weighted by atomic mass is 35.5. The smallest absolute Gasteiger partial charge is 0.0977 e. The quantitative estimate of drug-likeness (QED) is 0.611. The number of halogens is 2. The van der Waals surface area contributed by atoms with Crippen molar-refractivity contribution in [1.82, 2.24) is 4.90 Å². The first-order valence-corrected chi connectivity index (χ1v) is 10.8. The molecule has 0 radical (unpaired) electrons. The van der Waals surface area contributed by atoms with E-state index in [0.717, 1.165) is 56.8 Å². The van der Waals surface area contributed by atoms with Crippen molar-refractivity contribution in [3.8, 4) is 0 Å². The molecule has 2 aromatic rings. The molecule has 1 fully saturated rings. The lowest BCUT2D eigenvalue weighted by atomic mass is 9.74. The maximum atomic E-state index is 12.1. The summed E-state index contributed by atoms with van der Waals surface area (Å²) < 4.78 is 5.51. The van der Waals surface area contributed by atoms with Gasteiger partial charge < -0.3 is 9.84 Å². The van der Waals surface area contributed by atoms with E-state index >= 15 is 0 Å². The molecule has 1 saturated heterocycles. The Bertz CT molecular complexity index is 729. The minimum atomic E-state index is -0.979. The van der Waals surface area contributed by atoms with Crippen LogP contribution in [0.3, 0.4) is 0 Å². The zero-order valence-electron chi connectivity index (χ0n) is 16.4. The summed E-state index contributed by atoms with van der Waals surface area (Å²) in [6, 6.07) is 15.5. The molecule has 0 bridgehead atoms. The maximum absolute atomic E-state index is 12.1. The fraction of sp³-hybridized carbons (Fsp3) is 0.478. The van der Waals surface area contributed by atoms with Crippen LogP contribution in [0.5, 0.6) is 0 Å². The largest absolute Gasteiger partial charge is 0.384 e. The topological polar surface area (TPSA) is 32.7 Å². The molecule has 1 heterocycles. The second-order valence-corrected chi connectivity index (χ2v) is 8.42. The second kappa shape index (κ2) is 10.1. The third kappa shape index (κ3) is 5.28. The van der Waals surface area contributed by atoms with Crippen LogP contribution < -0.4 is 0 Å². The first kappa shape index (κ1) is 21.6. The van der Waals surface area contributed by atoms with E-state index in [-0.39, 0.29) is 5.92 Å². The van der Waals surface area contributed by atoms with E-state index in [1.54, 1.807) is 0 Å². The summed E-state index contributed by atoms with van der Waals surface area (Å²) in [5.74, 6) is -0.0735. The fourth-order valence-electron chi connectivity index (χ4n) is 3.97. The van der Waals surface area contributed by atoms with Crippen LogP contribution in [0.1, 0.15) is 43.2 Å². The standard InChI is InChI=1S/C23H29Cl2NO2/c1-2-3-12-23(27,19-6-10-21(25)11-7-19)22(17-26-13-15-28-16-14-26)18-4-8-20(24)9-5-18/h4-11,22,27H,2-3,12-17H2,1H3/t22-,23+/m1/s1. The van der Waals surface area contributed by atoms with Gasteiger partial charge in [0.1, 0.15) is 0 Å². The zero-order chi connectivity index (χ0) is 20.0. The third-order valence-electron chi connectivity index (χ3n) is 5.65. The maximum Gasteiger partial charge on any atom is 0.0977 e. The number of hydrogen-bond donors (Lipinski definition) is 1. The average molecular weight is 422 g/mol. The first-order valence-electron chi connectivity index (χ1n) is 10.1. The highest BCUT2D eigenvalue weighted by Gasteiger charge is 2.40. The fourth-order valence-corrected chi connectivity index (χ4v) is 4.23. The number of nitrogens with zero attached hydrogens (tertiary/aromatic N) is 1. The zero-order valence-corrected chi connectivity index (χ0v) is 17.9. The Kier molecular flexibility index (Phi) is 7.78. The highest BCUT2D eigenvalue weighted by Crippen LogP contribution is 2.42. The third-order valence-corrected chi connectivity index (χ3v) is 6.15. The number of aliphatic hydroxyl groups is 1. The Morgan fingerprint density at radius 1 is 1.00 bits per heavy atom. The summed E-state index contributed by atoms with van der Waals surface area (Å²) in [6.07, 6.45) is 2.68. The van der Waals surface area contributed by atoms with Crippen molar-refractivity contribution in [2.45, 2.75) is 37.7 Å². The lowest BCUT2D eigenvalue weighted by molar-refractivity contribution is -0.0293. The van der Waals surface area contributed by atoms with E-state index in [0.29, 0.717) is 16.5 Å². The number of hydrogen-bond acceptors (Lipinski definition) is 3. The van der Waals surface area contributed by atoms with Crippen molar-refractivity contribution in [3.63, 3.8) is 0 Å². The van der Waals surface area contributed by atoms with Crippen LogP contribution >= 0.6 is 23.2 Å². The van der Waals surface area contributed by atoms with Crippen molar-refractivity contribution in [2.75, 3.05) is 32.8 Å². The van der Waals surface area contributed by atoms with E-state index in [1.807, 2.05) is 48.5 Å². The van der Waals surface area contributed by atoms with Gasteiger partial charge in [0.15, 0.2) is 0 Å². The SMILES string of the molecule is CCCC[C@](O)(c1ccc(Cl)cc1)[C@H](CN1CCOCC1)c1ccc(Cl)cc1. The molecule has 2 atom stereocenters. The van der Waals surface area contributed by atoms with Crippen LogP contribution in [-0.4, -0.2) is 42.9 Å². The van der Waals surface area contributed by atoms with Crippen molar-refractivity contribution < 1.29 is 9.84 Å². The Labute approximate surface area is 178 Å². The summed E-state index contributed by atoms with van der Waals surface area (Å²) in [4.78, 5) is 2.38. The van der Waals surface area contributed by atoms with Gasteiger partial charge in [-0.1, -0.05) is 67.2 Å². The van der Waals surface area contributed by atoms with Gasteiger partial charge in [0.2, 0.25) is 0 Å². The van der Waals surface area contributed by atoms with Gasteiger partial charge in [-0.25, -0.2) is 0 Å². The Hall–Kier alpha value is -1.10. The Morgan fingerprint density at radius 3 is 2.14 bits per heavy atom. The van der Waals surface area contributed by atoms with Crippen molar-refractivity contribution >= 4 is 23.2 Å². The molecule has 1 N–H and O–H groups in total. The predicted octanol–water partition coefficient (Wildman–Crippen LogP) is 5.49. The van der Waals surface area contributed by atoms with Crippen molar-refractivity contribution in [1.29, 1.82) is 0 Å². The lowest BCUT2D eigenvalue weighted by Gasteiger charge is -2.41. The van der Waals surface area contributed by atoms with E-state index in [2.05, 4.69) is 11.8 Å². The van der Waals surface area contributed by atoms with Gasteiger partial charge in [-0.2, -0.15) is 0 Å². The van der Waals surface area contributed by atoms with Gasteiger partial charge in [0.25, 0.3) is 0 Å². The number of benzene rings is 2. The van der Waals surface area contributed by atoms with Gasteiger partial charge in [-0.15, -0.1) is 0 Å².